The topological polar surface area (TPSA) is 27.7 Å². The second kappa shape index (κ2) is 11.6. The normalized spacial score (nSPS) is 19.3. The predicted molar refractivity (Wildman–Crippen MR) is 129 cm³/mol. The van der Waals surface area contributed by atoms with E-state index in [2.05, 4.69) is 15.1 Å². The zero-order chi connectivity index (χ0) is 26.6. The van der Waals surface area contributed by atoms with E-state index in [1.54, 1.807) is 7.11 Å². The lowest BCUT2D eigenvalue weighted by atomic mass is 10.0. The van der Waals surface area contributed by atoms with Gasteiger partial charge in [-0.2, -0.15) is 26.3 Å². The summed E-state index contributed by atoms with van der Waals surface area (Å²) in [6.45, 7) is 3.73. The monoisotopic (exact) mass is 529 g/mol. The van der Waals surface area contributed by atoms with Crippen LogP contribution in [-0.4, -0.2) is 55.7 Å². The highest BCUT2D eigenvalue weighted by Crippen LogP contribution is 2.37. The van der Waals surface area contributed by atoms with E-state index in [-0.39, 0.29) is 24.2 Å². The van der Waals surface area contributed by atoms with Crippen molar-refractivity contribution in [3.63, 3.8) is 0 Å². The van der Waals surface area contributed by atoms with E-state index >= 15 is 0 Å². The summed E-state index contributed by atoms with van der Waals surface area (Å²) >= 11 is 0. The quantitative estimate of drug-likeness (QED) is 0.417. The molecule has 0 spiro atoms. The van der Waals surface area contributed by atoms with Crippen LogP contribution >= 0.6 is 0 Å². The molecule has 204 valence electrons. The molecule has 4 nitrogen and oxygen atoms in total. The van der Waals surface area contributed by atoms with E-state index in [9.17, 15) is 26.3 Å². The van der Waals surface area contributed by atoms with E-state index in [4.69, 9.17) is 4.74 Å². The van der Waals surface area contributed by atoms with Crippen molar-refractivity contribution in [2.45, 2.75) is 56.7 Å². The number of nitrogens with one attached hydrogen (secondary N) is 1. The Morgan fingerprint density at radius 3 is 2.05 bits per heavy atom. The Labute approximate surface area is 213 Å². The van der Waals surface area contributed by atoms with Gasteiger partial charge in [-0.3, -0.25) is 9.80 Å². The lowest BCUT2D eigenvalue weighted by molar-refractivity contribution is -0.143. The summed E-state index contributed by atoms with van der Waals surface area (Å²) < 4.78 is 85.2. The molecule has 1 atom stereocenters. The number of nitrogens with zero attached hydrogens (tertiary/aromatic N) is 2. The molecule has 1 heterocycles. The van der Waals surface area contributed by atoms with Gasteiger partial charge < -0.3 is 10.1 Å². The average Bonchev–Trinajstić information content (AvgIpc) is 3.41. The summed E-state index contributed by atoms with van der Waals surface area (Å²) in [5.74, 6) is 0.700. The van der Waals surface area contributed by atoms with Gasteiger partial charge in [-0.05, 0) is 42.7 Å². The second-order valence-corrected chi connectivity index (χ2v) is 9.81. The zero-order valence-corrected chi connectivity index (χ0v) is 20.8. The highest BCUT2D eigenvalue weighted by Gasteiger charge is 2.37. The van der Waals surface area contributed by atoms with Crippen molar-refractivity contribution in [1.82, 2.24) is 15.1 Å². The standard InChI is InChI=1S/C27H33F6N3O/c1-37-25-9-5-4-8-23(25)24(36-12-10-35(11-13-36)22-6-2-3-7-22)18-34-17-19-14-20(26(28,29)30)16-21(15-19)27(31,32)33/h4-5,8-9,14-16,22,24,34H,2-3,6-7,10-13,17-18H2,1H3. The molecule has 0 aromatic heterocycles. The number of halogens is 6. The van der Waals surface area contributed by atoms with Crippen LogP contribution in [0.1, 0.15) is 54.0 Å². The van der Waals surface area contributed by atoms with Gasteiger partial charge in [0.15, 0.2) is 0 Å². The van der Waals surface area contributed by atoms with Gasteiger partial charge in [0, 0.05) is 50.9 Å². The molecule has 0 radical (unpaired) electrons. The van der Waals surface area contributed by atoms with Gasteiger partial charge >= 0.3 is 12.4 Å². The fourth-order valence-corrected chi connectivity index (χ4v) is 5.54. The summed E-state index contributed by atoms with van der Waals surface area (Å²) in [6, 6.07) is 9.80. The Balaban J connectivity index is 1.50. The number of hydrogen-bond donors (Lipinski definition) is 1. The van der Waals surface area contributed by atoms with Crippen LogP contribution in [0.5, 0.6) is 5.75 Å². The minimum Gasteiger partial charge on any atom is -0.496 e. The molecule has 1 saturated carbocycles. The van der Waals surface area contributed by atoms with E-state index < -0.39 is 23.5 Å². The summed E-state index contributed by atoms with van der Waals surface area (Å²) in [5.41, 5.74) is -1.73. The molecule has 10 heteroatoms. The van der Waals surface area contributed by atoms with Crippen LogP contribution in [0.15, 0.2) is 42.5 Å². The van der Waals surface area contributed by atoms with Crippen LogP contribution in [-0.2, 0) is 18.9 Å². The molecule has 2 aliphatic rings. The van der Waals surface area contributed by atoms with Crippen LogP contribution in [0.3, 0.4) is 0 Å². The Kier molecular flexibility index (Phi) is 8.70. The van der Waals surface area contributed by atoms with Crippen molar-refractivity contribution in [2.75, 3.05) is 39.8 Å². The molecular weight excluding hydrogens is 496 g/mol. The average molecular weight is 530 g/mol. The Hall–Kier alpha value is -2.30. The first-order valence-electron chi connectivity index (χ1n) is 12.7. The van der Waals surface area contributed by atoms with Gasteiger partial charge in [0.25, 0.3) is 0 Å². The van der Waals surface area contributed by atoms with Crippen molar-refractivity contribution < 1.29 is 31.1 Å². The summed E-state index contributed by atoms with van der Waals surface area (Å²) in [6.07, 6.45) is -4.73. The number of benzene rings is 2. The number of alkyl halides is 6. The minimum atomic E-state index is -4.87. The first-order valence-corrected chi connectivity index (χ1v) is 12.7. The molecule has 2 aromatic rings. The molecule has 0 bridgehead atoms. The minimum absolute atomic E-state index is 0.0630. The fraction of sp³-hybridized carbons (Fsp3) is 0.556. The molecule has 1 saturated heterocycles. The maximum Gasteiger partial charge on any atom is 0.416 e. The third kappa shape index (κ3) is 6.97. The van der Waals surface area contributed by atoms with Gasteiger partial charge in [-0.25, -0.2) is 0 Å². The molecule has 37 heavy (non-hydrogen) atoms. The Morgan fingerprint density at radius 2 is 1.49 bits per heavy atom. The van der Waals surface area contributed by atoms with Crippen LogP contribution in [0.25, 0.3) is 0 Å². The first kappa shape index (κ1) is 27.7. The smallest absolute Gasteiger partial charge is 0.416 e. The number of para-hydroxylation sites is 1. The van der Waals surface area contributed by atoms with E-state index in [0.29, 0.717) is 18.3 Å². The van der Waals surface area contributed by atoms with Gasteiger partial charge in [0.2, 0.25) is 0 Å². The largest absolute Gasteiger partial charge is 0.496 e. The van der Waals surface area contributed by atoms with E-state index in [0.717, 1.165) is 43.9 Å². The van der Waals surface area contributed by atoms with Crippen LogP contribution in [0.2, 0.25) is 0 Å². The van der Waals surface area contributed by atoms with Crippen molar-refractivity contribution in [2.24, 2.45) is 0 Å². The lowest BCUT2D eigenvalue weighted by Crippen LogP contribution is -2.51. The Bertz CT molecular complexity index is 995. The summed E-state index contributed by atoms with van der Waals surface area (Å²) in [5, 5.41) is 3.13. The highest BCUT2D eigenvalue weighted by molar-refractivity contribution is 5.37. The second-order valence-electron chi connectivity index (χ2n) is 9.81. The SMILES string of the molecule is COc1ccccc1C(CNCc1cc(C(F)(F)F)cc(C(F)(F)F)c1)N1CCN(C2CCCC2)CC1. The molecular formula is C27H33F6N3O. The zero-order valence-electron chi connectivity index (χ0n) is 20.8. The van der Waals surface area contributed by atoms with Gasteiger partial charge in [0.1, 0.15) is 5.75 Å². The van der Waals surface area contributed by atoms with Gasteiger partial charge in [-0.15, -0.1) is 0 Å². The molecule has 1 aliphatic heterocycles. The number of ether oxygens (including phenoxy) is 1. The predicted octanol–water partition coefficient (Wildman–Crippen LogP) is 6.12. The molecule has 2 aromatic carbocycles. The number of piperazine rings is 1. The Morgan fingerprint density at radius 1 is 0.892 bits per heavy atom. The van der Waals surface area contributed by atoms with Gasteiger partial charge in [-0.1, -0.05) is 31.0 Å². The van der Waals surface area contributed by atoms with Crippen LogP contribution in [0, 0.1) is 0 Å². The highest BCUT2D eigenvalue weighted by atomic mass is 19.4. The lowest BCUT2D eigenvalue weighted by Gasteiger charge is -2.42. The number of rotatable bonds is 8. The molecule has 1 aliphatic carbocycles. The van der Waals surface area contributed by atoms with Crippen LogP contribution < -0.4 is 10.1 Å². The molecule has 1 N–H and O–H groups in total. The maximum absolute atomic E-state index is 13.3. The molecule has 4 rings (SSSR count). The summed E-state index contributed by atoms with van der Waals surface area (Å²) in [7, 11) is 1.59. The fourth-order valence-electron chi connectivity index (χ4n) is 5.54. The third-order valence-electron chi connectivity index (χ3n) is 7.44. The first-order chi connectivity index (χ1) is 17.6. The van der Waals surface area contributed by atoms with Crippen molar-refractivity contribution in [3.8, 4) is 5.75 Å². The van der Waals surface area contributed by atoms with Gasteiger partial charge in [0.05, 0.1) is 24.3 Å². The summed E-state index contributed by atoms with van der Waals surface area (Å²) in [4.78, 5) is 4.86. The molecule has 1 unspecified atom stereocenters. The van der Waals surface area contributed by atoms with Crippen molar-refractivity contribution >= 4 is 0 Å². The number of hydrogen-bond acceptors (Lipinski definition) is 4. The van der Waals surface area contributed by atoms with E-state index in [1.807, 2.05) is 24.3 Å². The van der Waals surface area contributed by atoms with Crippen molar-refractivity contribution in [3.05, 3.63) is 64.7 Å². The maximum atomic E-state index is 13.3. The van der Waals surface area contributed by atoms with E-state index in [1.165, 1.54) is 25.7 Å². The number of methoxy groups -OCH3 is 1. The molecule has 2 fully saturated rings. The van der Waals surface area contributed by atoms with Crippen molar-refractivity contribution in [1.29, 1.82) is 0 Å². The van der Waals surface area contributed by atoms with Crippen LogP contribution in [0.4, 0.5) is 26.3 Å². The molecule has 0 amide bonds. The third-order valence-corrected chi connectivity index (χ3v) is 7.44.